The lowest BCUT2D eigenvalue weighted by molar-refractivity contribution is 0.0600. The van der Waals surface area contributed by atoms with Gasteiger partial charge in [0.1, 0.15) is 4.90 Å². The first kappa shape index (κ1) is 16.3. The van der Waals surface area contributed by atoms with E-state index in [0.29, 0.717) is 0 Å². The highest BCUT2D eigenvalue weighted by atomic mass is 35.5. The van der Waals surface area contributed by atoms with E-state index < -0.39 is 16.0 Å². The molecule has 5 nitrogen and oxygen atoms in total. The van der Waals surface area contributed by atoms with Crippen LogP contribution >= 0.6 is 11.6 Å². The van der Waals surface area contributed by atoms with E-state index in [0.717, 1.165) is 32.1 Å². The molecule has 0 amide bonds. The van der Waals surface area contributed by atoms with Gasteiger partial charge in [0.15, 0.2) is 0 Å². The van der Waals surface area contributed by atoms with Crippen LogP contribution in [0.5, 0.6) is 0 Å². The Morgan fingerprint density at radius 2 is 1.95 bits per heavy atom. The van der Waals surface area contributed by atoms with Crippen LogP contribution in [0.15, 0.2) is 23.1 Å². The Labute approximate surface area is 129 Å². The second-order valence-electron chi connectivity index (χ2n) is 5.09. The van der Waals surface area contributed by atoms with Crippen LogP contribution in [0.3, 0.4) is 0 Å². The van der Waals surface area contributed by atoms with Gasteiger partial charge in [-0.25, -0.2) is 17.9 Å². The number of halogens is 1. The van der Waals surface area contributed by atoms with Gasteiger partial charge in [-0.15, -0.1) is 0 Å². The van der Waals surface area contributed by atoms with E-state index in [9.17, 15) is 13.2 Å². The maximum atomic E-state index is 12.4. The summed E-state index contributed by atoms with van der Waals surface area (Å²) in [6.45, 7) is 0. The van der Waals surface area contributed by atoms with Crippen LogP contribution in [0.4, 0.5) is 0 Å². The van der Waals surface area contributed by atoms with Crippen molar-refractivity contribution in [3.8, 4) is 0 Å². The number of rotatable bonds is 4. The molecular formula is C14H18ClNO4S. The molecule has 2 rings (SSSR count). The molecule has 0 saturated heterocycles. The largest absolute Gasteiger partial charge is 0.465 e. The Balaban J connectivity index is 2.27. The fraction of sp³-hybridized carbons (Fsp3) is 0.500. The molecule has 0 atom stereocenters. The number of esters is 1. The Kier molecular flexibility index (Phi) is 5.24. The normalized spacial score (nSPS) is 16.7. The number of benzene rings is 1. The molecule has 1 aliphatic carbocycles. The first-order chi connectivity index (χ1) is 9.94. The Morgan fingerprint density at radius 3 is 2.57 bits per heavy atom. The lowest BCUT2D eigenvalue weighted by atomic mass is 9.96. The fourth-order valence-corrected chi connectivity index (χ4v) is 4.29. The lowest BCUT2D eigenvalue weighted by Gasteiger charge is -2.23. The number of ether oxygens (including phenoxy) is 1. The minimum Gasteiger partial charge on any atom is -0.465 e. The molecule has 1 aromatic carbocycles. The standard InChI is InChI=1S/C14H18ClNO4S/c1-20-14(17)10-7-8-12(15)13(9-10)21(18,19)16-11-5-3-2-4-6-11/h7-9,11,16H,2-6H2,1H3. The predicted octanol–water partition coefficient (Wildman–Crippen LogP) is 2.74. The number of carbonyl (C=O) groups is 1. The molecule has 0 aromatic heterocycles. The van der Waals surface area contributed by atoms with E-state index >= 15 is 0 Å². The van der Waals surface area contributed by atoms with Gasteiger partial charge in [0.25, 0.3) is 0 Å². The zero-order valence-electron chi connectivity index (χ0n) is 11.8. The van der Waals surface area contributed by atoms with Gasteiger partial charge in [-0.05, 0) is 31.0 Å². The first-order valence-electron chi connectivity index (χ1n) is 6.84. The Hall–Kier alpha value is -1.11. The molecule has 0 bridgehead atoms. The quantitative estimate of drug-likeness (QED) is 0.861. The van der Waals surface area contributed by atoms with Crippen LogP contribution in [0, 0.1) is 0 Å². The molecule has 116 valence electrons. The first-order valence-corrected chi connectivity index (χ1v) is 8.70. The molecular weight excluding hydrogens is 314 g/mol. The Morgan fingerprint density at radius 1 is 1.29 bits per heavy atom. The van der Waals surface area contributed by atoms with Crippen LogP contribution in [0.1, 0.15) is 42.5 Å². The van der Waals surface area contributed by atoms with E-state index in [2.05, 4.69) is 9.46 Å². The maximum Gasteiger partial charge on any atom is 0.337 e. The lowest BCUT2D eigenvalue weighted by Crippen LogP contribution is -2.36. The molecule has 1 aromatic rings. The smallest absolute Gasteiger partial charge is 0.337 e. The Bertz CT molecular complexity index is 624. The van der Waals surface area contributed by atoms with Crippen molar-refractivity contribution in [2.45, 2.75) is 43.0 Å². The fourth-order valence-electron chi connectivity index (χ4n) is 2.46. The third kappa shape index (κ3) is 3.96. The molecule has 0 radical (unpaired) electrons. The summed E-state index contributed by atoms with van der Waals surface area (Å²) in [6, 6.07) is 4.01. The SMILES string of the molecule is COC(=O)c1ccc(Cl)c(S(=O)(=O)NC2CCCCC2)c1. The predicted molar refractivity (Wildman–Crippen MR) is 80.0 cm³/mol. The number of methoxy groups -OCH3 is 1. The summed E-state index contributed by atoms with van der Waals surface area (Å²) in [5.41, 5.74) is 0.158. The summed E-state index contributed by atoms with van der Waals surface area (Å²) < 4.78 is 32.1. The highest BCUT2D eigenvalue weighted by Gasteiger charge is 2.25. The van der Waals surface area contributed by atoms with Gasteiger partial charge >= 0.3 is 5.97 Å². The molecule has 1 saturated carbocycles. The van der Waals surface area contributed by atoms with Gasteiger partial charge < -0.3 is 4.74 Å². The third-order valence-electron chi connectivity index (χ3n) is 3.57. The highest BCUT2D eigenvalue weighted by Crippen LogP contribution is 2.25. The van der Waals surface area contributed by atoms with E-state index in [-0.39, 0.29) is 21.5 Å². The molecule has 21 heavy (non-hydrogen) atoms. The van der Waals surface area contributed by atoms with Crippen molar-refractivity contribution in [3.05, 3.63) is 28.8 Å². The molecule has 0 aliphatic heterocycles. The van der Waals surface area contributed by atoms with Gasteiger partial charge in [-0.1, -0.05) is 30.9 Å². The van der Waals surface area contributed by atoms with E-state index in [1.54, 1.807) is 0 Å². The minimum absolute atomic E-state index is 0.0680. The van der Waals surface area contributed by atoms with E-state index in [4.69, 9.17) is 11.6 Å². The summed E-state index contributed by atoms with van der Waals surface area (Å²) in [6.07, 6.45) is 4.82. The number of hydrogen-bond donors (Lipinski definition) is 1. The van der Waals surface area contributed by atoms with Crippen molar-refractivity contribution in [2.75, 3.05) is 7.11 Å². The average molecular weight is 332 g/mol. The summed E-state index contributed by atoms with van der Waals surface area (Å²) >= 11 is 5.98. The monoisotopic (exact) mass is 331 g/mol. The van der Waals surface area contributed by atoms with Gasteiger partial charge in [0.2, 0.25) is 10.0 Å². The van der Waals surface area contributed by atoms with Crippen molar-refractivity contribution in [1.82, 2.24) is 4.72 Å². The minimum atomic E-state index is -3.74. The molecule has 0 heterocycles. The average Bonchev–Trinajstić information content (AvgIpc) is 2.47. The summed E-state index contributed by atoms with van der Waals surface area (Å²) in [4.78, 5) is 11.4. The molecule has 1 N–H and O–H groups in total. The molecule has 0 spiro atoms. The van der Waals surface area contributed by atoms with Gasteiger partial charge in [0.05, 0.1) is 17.7 Å². The van der Waals surface area contributed by atoms with Gasteiger partial charge in [-0.3, -0.25) is 0 Å². The number of sulfonamides is 1. The number of nitrogens with one attached hydrogen (secondary N) is 1. The summed E-state index contributed by atoms with van der Waals surface area (Å²) in [5.74, 6) is -0.596. The van der Waals surface area contributed by atoms with Crippen LogP contribution in [-0.2, 0) is 14.8 Å². The zero-order valence-corrected chi connectivity index (χ0v) is 13.3. The van der Waals surface area contributed by atoms with E-state index in [1.165, 1.54) is 25.3 Å². The van der Waals surface area contributed by atoms with Crippen LogP contribution in [0.2, 0.25) is 5.02 Å². The highest BCUT2D eigenvalue weighted by molar-refractivity contribution is 7.89. The number of carbonyl (C=O) groups excluding carboxylic acids is 1. The third-order valence-corrected chi connectivity index (χ3v) is 5.57. The van der Waals surface area contributed by atoms with Crippen molar-refractivity contribution < 1.29 is 17.9 Å². The van der Waals surface area contributed by atoms with Crippen LogP contribution in [0.25, 0.3) is 0 Å². The molecule has 7 heteroatoms. The van der Waals surface area contributed by atoms with Gasteiger partial charge in [-0.2, -0.15) is 0 Å². The van der Waals surface area contributed by atoms with Crippen molar-refractivity contribution in [1.29, 1.82) is 0 Å². The van der Waals surface area contributed by atoms with Crippen LogP contribution in [-0.4, -0.2) is 27.5 Å². The van der Waals surface area contributed by atoms with Gasteiger partial charge in [0, 0.05) is 6.04 Å². The molecule has 1 aliphatic rings. The van der Waals surface area contributed by atoms with Crippen molar-refractivity contribution in [3.63, 3.8) is 0 Å². The summed E-state index contributed by atoms with van der Waals surface area (Å²) in [5, 5.41) is 0.0889. The maximum absolute atomic E-state index is 12.4. The molecule has 1 fully saturated rings. The zero-order chi connectivity index (χ0) is 15.5. The van der Waals surface area contributed by atoms with E-state index in [1.807, 2.05) is 0 Å². The molecule has 0 unspecified atom stereocenters. The van der Waals surface area contributed by atoms with Crippen molar-refractivity contribution in [2.24, 2.45) is 0 Å². The van der Waals surface area contributed by atoms with Crippen molar-refractivity contribution >= 4 is 27.6 Å². The second-order valence-corrected chi connectivity index (χ2v) is 7.18. The number of hydrogen-bond acceptors (Lipinski definition) is 4. The second kappa shape index (κ2) is 6.77. The topological polar surface area (TPSA) is 72.5 Å². The summed E-state index contributed by atoms with van der Waals surface area (Å²) in [7, 11) is -2.50. The van der Waals surface area contributed by atoms with Crippen LogP contribution < -0.4 is 4.72 Å².